The maximum absolute atomic E-state index is 12.1. The van der Waals surface area contributed by atoms with Crippen LogP contribution in [0, 0.1) is 0 Å². The van der Waals surface area contributed by atoms with Crippen LogP contribution in [0.25, 0.3) is 0 Å². The molecule has 0 radical (unpaired) electrons. The molecule has 0 aromatic rings. The van der Waals surface area contributed by atoms with Gasteiger partial charge in [0.2, 0.25) is 0 Å². The molecule has 25 heavy (non-hydrogen) atoms. The third-order valence-electron chi connectivity index (χ3n) is 4.79. The number of carbonyl (C=O) groups is 2. The lowest BCUT2D eigenvalue weighted by atomic mass is 10.0. The number of carboxylic acid groups (broad SMARTS) is 1. The fraction of sp³-hybridized carbons (Fsp3) is 0.778. The van der Waals surface area contributed by atoms with Crippen molar-refractivity contribution in [1.82, 2.24) is 0 Å². The predicted molar refractivity (Wildman–Crippen MR) is 98.0 cm³/mol. The highest BCUT2D eigenvalue weighted by Crippen LogP contribution is 2.40. The van der Waals surface area contributed by atoms with Crippen LogP contribution in [0.5, 0.6) is 0 Å². The molecule has 0 bridgehead atoms. The molecule has 6 nitrogen and oxygen atoms in total. The Morgan fingerprint density at radius 2 is 1.88 bits per heavy atom. The lowest BCUT2D eigenvalue weighted by Gasteiger charge is -2.41. The lowest BCUT2D eigenvalue weighted by molar-refractivity contribution is -0.155. The summed E-state index contributed by atoms with van der Waals surface area (Å²) in [6.07, 6.45) is -0.386. The van der Waals surface area contributed by atoms with E-state index in [2.05, 4.69) is 40.4 Å². The molecule has 1 N–H and O–H groups in total. The molecule has 0 unspecified atom stereocenters. The second-order valence-electron chi connectivity index (χ2n) is 8.53. The zero-order chi connectivity index (χ0) is 19.6. The summed E-state index contributed by atoms with van der Waals surface area (Å²) < 4.78 is 18.2. The molecule has 0 aromatic carbocycles. The number of Topliss-reactive ketones (excluding diaryl/α,β-unsaturated/α-hetero) is 1. The molecular weight excluding hydrogens is 340 g/mol. The van der Waals surface area contributed by atoms with Gasteiger partial charge in [0, 0.05) is 6.42 Å². The molecule has 3 atom stereocenters. The van der Waals surface area contributed by atoms with E-state index < -0.39 is 44.8 Å². The van der Waals surface area contributed by atoms with Crippen molar-refractivity contribution >= 4 is 20.1 Å². The number of aliphatic carboxylic acids is 1. The van der Waals surface area contributed by atoms with Gasteiger partial charge < -0.3 is 19.0 Å². The summed E-state index contributed by atoms with van der Waals surface area (Å²) in [6, 6.07) is 0. The van der Waals surface area contributed by atoms with Crippen LogP contribution >= 0.6 is 0 Å². The second kappa shape index (κ2) is 7.69. The third kappa shape index (κ3) is 6.02. The Labute approximate surface area is 151 Å². The van der Waals surface area contributed by atoms with Crippen molar-refractivity contribution in [3.8, 4) is 0 Å². The van der Waals surface area contributed by atoms with Gasteiger partial charge in [-0.15, -0.1) is 6.58 Å². The molecule has 144 valence electrons. The second-order valence-corrected chi connectivity index (χ2v) is 13.3. The first kappa shape index (κ1) is 22.0. The van der Waals surface area contributed by atoms with Gasteiger partial charge in [-0.3, -0.25) is 9.59 Å². The zero-order valence-electron chi connectivity index (χ0n) is 16.4. The minimum absolute atomic E-state index is 0.0206. The van der Waals surface area contributed by atoms with E-state index in [1.807, 2.05) is 0 Å². The van der Waals surface area contributed by atoms with Crippen molar-refractivity contribution < 1.29 is 28.6 Å². The number of ether oxygens (including phenoxy) is 2. The van der Waals surface area contributed by atoms with Gasteiger partial charge in [0.15, 0.2) is 14.1 Å². The highest BCUT2D eigenvalue weighted by molar-refractivity contribution is 6.74. The molecule has 1 heterocycles. The Bertz CT molecular complexity index is 520. The van der Waals surface area contributed by atoms with Crippen LogP contribution in [0.4, 0.5) is 0 Å². The predicted octanol–water partition coefficient (Wildman–Crippen LogP) is 3.52. The molecule has 1 fully saturated rings. The lowest BCUT2D eigenvalue weighted by Crippen LogP contribution is -2.49. The topological polar surface area (TPSA) is 82.1 Å². The van der Waals surface area contributed by atoms with E-state index in [0.717, 1.165) is 0 Å². The van der Waals surface area contributed by atoms with E-state index in [1.54, 1.807) is 19.9 Å². The van der Waals surface area contributed by atoms with Gasteiger partial charge in [0.05, 0.1) is 6.10 Å². The maximum Gasteiger partial charge on any atom is 0.310 e. The van der Waals surface area contributed by atoms with E-state index in [4.69, 9.17) is 19.0 Å². The van der Waals surface area contributed by atoms with Crippen molar-refractivity contribution in [2.45, 2.75) is 89.7 Å². The van der Waals surface area contributed by atoms with Gasteiger partial charge in [-0.1, -0.05) is 26.8 Å². The Hall–Kier alpha value is -1.02. The van der Waals surface area contributed by atoms with Gasteiger partial charge in [0.1, 0.15) is 24.4 Å². The molecule has 7 heteroatoms. The number of hydrogen-bond acceptors (Lipinski definition) is 5. The number of ketones is 1. The number of carbonyl (C=O) groups excluding carboxylic acids is 1. The first-order valence-electron chi connectivity index (χ1n) is 8.58. The zero-order valence-corrected chi connectivity index (χ0v) is 17.4. The van der Waals surface area contributed by atoms with Crippen molar-refractivity contribution in [1.29, 1.82) is 0 Å². The summed E-state index contributed by atoms with van der Waals surface area (Å²) in [5.41, 5.74) is 0. The van der Waals surface area contributed by atoms with Crippen LogP contribution < -0.4 is 0 Å². The largest absolute Gasteiger partial charge is 0.481 e. The van der Waals surface area contributed by atoms with Crippen LogP contribution in [-0.4, -0.2) is 49.3 Å². The fourth-order valence-corrected chi connectivity index (χ4v) is 3.86. The first-order valence-corrected chi connectivity index (χ1v) is 11.5. The molecular formula is C18H32O6Si. The van der Waals surface area contributed by atoms with Crippen molar-refractivity contribution in [2.24, 2.45) is 0 Å². The van der Waals surface area contributed by atoms with Gasteiger partial charge >= 0.3 is 5.97 Å². The monoisotopic (exact) mass is 372 g/mol. The Kier molecular flexibility index (Phi) is 6.78. The molecule has 1 rings (SSSR count). The van der Waals surface area contributed by atoms with Gasteiger partial charge in [-0.25, -0.2) is 0 Å². The minimum Gasteiger partial charge on any atom is -0.481 e. The molecule has 0 saturated carbocycles. The smallest absolute Gasteiger partial charge is 0.310 e. The van der Waals surface area contributed by atoms with E-state index in [-0.39, 0.29) is 17.2 Å². The highest BCUT2D eigenvalue weighted by Gasteiger charge is 2.48. The number of carboxylic acids is 1. The SMILES string of the molecule is C=C[C@H]1OC(C)(C)O[C@@H]1[C@@H](CC(=O)CC(=O)O)O[Si](C)(C)C(C)(C)C. The Balaban J connectivity index is 3.08. The van der Waals surface area contributed by atoms with E-state index in [0.29, 0.717) is 0 Å². The molecule has 1 saturated heterocycles. The average molecular weight is 373 g/mol. The Morgan fingerprint density at radius 1 is 1.32 bits per heavy atom. The van der Waals surface area contributed by atoms with Gasteiger partial charge in [-0.05, 0) is 32.0 Å². The maximum atomic E-state index is 12.1. The summed E-state index contributed by atoms with van der Waals surface area (Å²) in [6.45, 7) is 17.9. The normalized spacial score (nSPS) is 24.8. The quantitative estimate of drug-likeness (QED) is 0.399. The molecule has 1 aliphatic rings. The van der Waals surface area contributed by atoms with Crippen molar-refractivity contribution in [2.75, 3.05) is 0 Å². The molecule has 0 aromatic heterocycles. The van der Waals surface area contributed by atoms with Gasteiger partial charge in [0.25, 0.3) is 0 Å². The summed E-state index contributed by atoms with van der Waals surface area (Å²) in [5, 5.41) is 8.82. The summed E-state index contributed by atoms with van der Waals surface area (Å²) in [7, 11) is -2.20. The van der Waals surface area contributed by atoms with Crippen LogP contribution in [0.15, 0.2) is 12.7 Å². The third-order valence-corrected chi connectivity index (χ3v) is 9.30. The fourth-order valence-electron chi connectivity index (χ4n) is 2.53. The summed E-state index contributed by atoms with van der Waals surface area (Å²) in [4.78, 5) is 23.0. The Morgan fingerprint density at radius 3 is 2.32 bits per heavy atom. The van der Waals surface area contributed by atoms with Crippen LogP contribution in [0.3, 0.4) is 0 Å². The first-order chi connectivity index (χ1) is 11.2. The van der Waals surface area contributed by atoms with E-state index in [1.165, 1.54) is 0 Å². The van der Waals surface area contributed by atoms with Crippen LogP contribution in [-0.2, 0) is 23.5 Å². The van der Waals surface area contributed by atoms with Crippen molar-refractivity contribution in [3.05, 3.63) is 12.7 Å². The van der Waals surface area contributed by atoms with Crippen molar-refractivity contribution in [3.63, 3.8) is 0 Å². The molecule has 0 aliphatic carbocycles. The van der Waals surface area contributed by atoms with Crippen LogP contribution in [0.1, 0.15) is 47.5 Å². The highest BCUT2D eigenvalue weighted by atomic mass is 28.4. The number of hydrogen-bond donors (Lipinski definition) is 1. The van der Waals surface area contributed by atoms with Gasteiger partial charge in [-0.2, -0.15) is 0 Å². The number of rotatable bonds is 8. The summed E-state index contributed by atoms with van der Waals surface area (Å²) in [5.74, 6) is -2.33. The van der Waals surface area contributed by atoms with E-state index in [9.17, 15) is 9.59 Å². The minimum atomic E-state index is -2.20. The molecule has 1 aliphatic heterocycles. The van der Waals surface area contributed by atoms with Crippen LogP contribution in [0.2, 0.25) is 18.1 Å². The molecule has 0 spiro atoms. The average Bonchev–Trinajstić information content (AvgIpc) is 2.70. The standard InChI is InChI=1S/C18H32O6Si/c1-9-13-16(23-18(5,6)22-13)14(10-12(19)11-15(20)21)24-25(7,8)17(2,3)4/h9,13-14,16H,1,10-11H2,2-8H3,(H,20,21)/t13-,14-,16+/m1/s1. The molecule has 0 amide bonds. The van der Waals surface area contributed by atoms with E-state index >= 15 is 0 Å². The summed E-state index contributed by atoms with van der Waals surface area (Å²) >= 11 is 0.